The van der Waals surface area contributed by atoms with Crippen molar-refractivity contribution in [2.24, 2.45) is 0 Å². The molecule has 2 atom stereocenters. The predicted molar refractivity (Wildman–Crippen MR) is 135 cm³/mol. The third-order valence-electron chi connectivity index (χ3n) is 6.41. The van der Waals surface area contributed by atoms with Crippen LogP contribution < -0.4 is 21.5 Å². The fourth-order valence-corrected chi connectivity index (χ4v) is 4.43. The van der Waals surface area contributed by atoms with Crippen LogP contribution in [0, 0.1) is 0 Å². The molecule has 1 aliphatic rings. The van der Waals surface area contributed by atoms with Crippen LogP contribution in [0.1, 0.15) is 30.0 Å². The summed E-state index contributed by atoms with van der Waals surface area (Å²) < 4.78 is 0. The van der Waals surface area contributed by atoms with Crippen molar-refractivity contribution in [1.29, 1.82) is 0 Å². The summed E-state index contributed by atoms with van der Waals surface area (Å²) >= 11 is 0. The molecule has 6 nitrogen and oxygen atoms in total. The lowest BCUT2D eigenvalue weighted by molar-refractivity contribution is 0.303. The first-order valence-electron chi connectivity index (χ1n) is 11.4. The van der Waals surface area contributed by atoms with Gasteiger partial charge in [-0.05, 0) is 74.7 Å². The van der Waals surface area contributed by atoms with E-state index in [1.165, 1.54) is 16.7 Å². The van der Waals surface area contributed by atoms with Gasteiger partial charge in [0.25, 0.3) is 10.9 Å². The van der Waals surface area contributed by atoms with E-state index < -0.39 is 10.9 Å². The van der Waals surface area contributed by atoms with Crippen LogP contribution in [0.25, 0.3) is 5.57 Å². The number of fused-ring (bicyclic) bond motifs is 1. The summed E-state index contributed by atoms with van der Waals surface area (Å²) in [6, 6.07) is 15.7. The molecule has 0 saturated carbocycles. The van der Waals surface area contributed by atoms with Gasteiger partial charge in [0.1, 0.15) is 17.1 Å². The molecule has 4 rings (SSSR count). The average Bonchev–Trinajstić information content (AvgIpc) is 3.21. The number of hydrogen-bond acceptors (Lipinski definition) is 6. The molecule has 0 amide bonds. The molecule has 0 unspecified atom stereocenters. The maximum absolute atomic E-state index is 12.3. The Hall–Kier alpha value is -3.38. The van der Waals surface area contributed by atoms with Crippen molar-refractivity contribution < 1.29 is 5.11 Å². The second-order valence-corrected chi connectivity index (χ2v) is 9.12. The molecular weight excluding hydrogens is 414 g/mol. The van der Waals surface area contributed by atoms with Gasteiger partial charge in [-0.1, -0.05) is 42.5 Å². The van der Waals surface area contributed by atoms with Crippen LogP contribution in [-0.4, -0.2) is 42.7 Å². The molecule has 0 fully saturated rings. The van der Waals surface area contributed by atoms with Crippen molar-refractivity contribution in [3.8, 4) is 5.75 Å². The Bertz CT molecular complexity index is 1220. The lowest BCUT2D eigenvalue weighted by Crippen LogP contribution is -2.42. The Balaban J connectivity index is 1.39. The van der Waals surface area contributed by atoms with Crippen molar-refractivity contribution >= 4 is 16.9 Å². The van der Waals surface area contributed by atoms with E-state index in [0.29, 0.717) is 17.9 Å². The number of nitrogens with zero attached hydrogens (tertiary/aromatic N) is 1. The van der Waals surface area contributed by atoms with Crippen LogP contribution in [-0.2, 0) is 12.8 Å². The van der Waals surface area contributed by atoms with E-state index in [1.807, 2.05) is 39.2 Å². The molecule has 0 saturated heterocycles. The van der Waals surface area contributed by atoms with E-state index >= 15 is 0 Å². The molecule has 1 aliphatic carbocycles. The van der Waals surface area contributed by atoms with E-state index in [2.05, 4.69) is 39.8 Å². The number of hydrogen-bond donors (Lipinski definition) is 3. The molecule has 0 aromatic heterocycles. The van der Waals surface area contributed by atoms with Crippen LogP contribution in [0.4, 0.5) is 11.4 Å². The average molecular weight is 446 g/mol. The zero-order valence-corrected chi connectivity index (χ0v) is 19.4. The highest BCUT2D eigenvalue weighted by molar-refractivity contribution is 5.76. The summed E-state index contributed by atoms with van der Waals surface area (Å²) in [4.78, 5) is 26.7. The van der Waals surface area contributed by atoms with Gasteiger partial charge in [-0.25, -0.2) is 0 Å². The van der Waals surface area contributed by atoms with E-state index in [-0.39, 0.29) is 17.8 Å². The highest BCUT2D eigenvalue weighted by Gasteiger charge is 2.24. The number of phenolic OH excluding ortho intramolecular Hbond substituents is 1. The standard InChI is InChI=1S/C27H31N3O3/c1-17(14-20-11-10-19-6-4-5-7-23(19)20)29-25-24(26(32)27(25)33)28-16-21(30(2)3)15-18-8-12-22(31)13-9-18/h4-9,11-13,17,21,28-29,31H,10,14-16H2,1-3H3/t17-,21+/m1/s1. The smallest absolute Gasteiger partial charge is 0.253 e. The number of nitrogens with one attached hydrogen (secondary N) is 2. The van der Waals surface area contributed by atoms with Gasteiger partial charge in [-0.2, -0.15) is 0 Å². The minimum atomic E-state index is -0.461. The first-order valence-corrected chi connectivity index (χ1v) is 11.4. The Morgan fingerprint density at radius 2 is 1.67 bits per heavy atom. The SMILES string of the molecule is C[C@H](CC1=CCc2ccccc21)Nc1c(NC[C@H](Cc2ccc(O)cc2)N(C)C)c(=O)c1=O. The molecule has 33 heavy (non-hydrogen) atoms. The van der Waals surface area contributed by atoms with Gasteiger partial charge in [0.05, 0.1) is 0 Å². The van der Waals surface area contributed by atoms with Gasteiger partial charge in [0.15, 0.2) is 0 Å². The third kappa shape index (κ3) is 5.01. The number of aromatic hydroxyl groups is 1. The van der Waals surface area contributed by atoms with E-state index in [1.54, 1.807) is 12.1 Å². The third-order valence-corrected chi connectivity index (χ3v) is 6.41. The molecule has 3 aromatic carbocycles. The lowest BCUT2D eigenvalue weighted by atomic mass is 10.00. The fraction of sp³-hybridized carbons (Fsp3) is 0.333. The Labute approximate surface area is 194 Å². The molecule has 0 bridgehead atoms. The minimum absolute atomic E-state index is 0.0212. The van der Waals surface area contributed by atoms with Gasteiger partial charge < -0.3 is 20.6 Å². The second kappa shape index (κ2) is 9.63. The van der Waals surface area contributed by atoms with Gasteiger partial charge in [-0.15, -0.1) is 0 Å². The maximum Gasteiger partial charge on any atom is 0.253 e. The summed E-state index contributed by atoms with van der Waals surface area (Å²) in [7, 11) is 3.98. The highest BCUT2D eigenvalue weighted by Crippen LogP contribution is 2.31. The topological polar surface area (TPSA) is 81.7 Å². The quantitative estimate of drug-likeness (QED) is 0.415. The van der Waals surface area contributed by atoms with Gasteiger partial charge in [-0.3, -0.25) is 9.59 Å². The predicted octanol–water partition coefficient (Wildman–Crippen LogP) is 3.40. The van der Waals surface area contributed by atoms with E-state index in [0.717, 1.165) is 24.8 Å². The van der Waals surface area contributed by atoms with Crippen molar-refractivity contribution in [1.82, 2.24) is 4.90 Å². The molecule has 0 aliphatic heterocycles. The number of phenols is 1. The van der Waals surface area contributed by atoms with Crippen LogP contribution in [0.15, 0.2) is 64.2 Å². The summed E-state index contributed by atoms with van der Waals surface area (Å²) in [5.41, 5.74) is 4.84. The lowest BCUT2D eigenvalue weighted by Gasteiger charge is -2.27. The van der Waals surface area contributed by atoms with Crippen LogP contribution >= 0.6 is 0 Å². The summed E-state index contributed by atoms with van der Waals surface area (Å²) in [6.07, 6.45) is 4.73. The fourth-order valence-electron chi connectivity index (χ4n) is 4.43. The van der Waals surface area contributed by atoms with E-state index in [4.69, 9.17) is 0 Å². The number of likely N-dealkylation sites (N-methyl/N-ethyl adjacent to an activating group) is 1. The molecule has 0 heterocycles. The summed E-state index contributed by atoms with van der Waals surface area (Å²) in [6.45, 7) is 2.57. The van der Waals surface area contributed by atoms with Crippen molar-refractivity contribution in [2.45, 2.75) is 38.3 Å². The van der Waals surface area contributed by atoms with Gasteiger partial charge in [0.2, 0.25) is 0 Å². The maximum atomic E-state index is 12.3. The van der Waals surface area contributed by atoms with Gasteiger partial charge in [0, 0.05) is 18.6 Å². The highest BCUT2D eigenvalue weighted by atomic mass is 16.3. The molecule has 172 valence electrons. The summed E-state index contributed by atoms with van der Waals surface area (Å²) in [5, 5.41) is 16.0. The van der Waals surface area contributed by atoms with Crippen LogP contribution in [0.5, 0.6) is 5.75 Å². The van der Waals surface area contributed by atoms with Crippen LogP contribution in [0.3, 0.4) is 0 Å². The number of benzene rings is 2. The zero-order valence-electron chi connectivity index (χ0n) is 19.4. The molecular formula is C27H31N3O3. The normalized spacial score (nSPS) is 14.7. The molecule has 6 heteroatoms. The molecule has 3 N–H and O–H groups in total. The second-order valence-electron chi connectivity index (χ2n) is 9.12. The number of rotatable bonds is 10. The van der Waals surface area contributed by atoms with Crippen molar-refractivity contribution in [3.63, 3.8) is 0 Å². The van der Waals surface area contributed by atoms with Crippen molar-refractivity contribution in [3.05, 3.63) is 91.7 Å². The largest absolute Gasteiger partial charge is 0.508 e. The monoisotopic (exact) mass is 445 g/mol. The van der Waals surface area contributed by atoms with E-state index in [9.17, 15) is 14.7 Å². The van der Waals surface area contributed by atoms with Crippen molar-refractivity contribution in [2.75, 3.05) is 31.3 Å². The number of allylic oxidation sites excluding steroid dienone is 1. The molecule has 0 spiro atoms. The first-order chi connectivity index (χ1) is 15.8. The molecule has 0 radical (unpaired) electrons. The zero-order chi connectivity index (χ0) is 23.5. The Morgan fingerprint density at radius 1 is 0.970 bits per heavy atom. The first kappa shape index (κ1) is 22.8. The Kier molecular flexibility index (Phi) is 6.65. The van der Waals surface area contributed by atoms with Gasteiger partial charge >= 0.3 is 0 Å². The molecule has 3 aromatic rings. The van der Waals surface area contributed by atoms with Crippen LogP contribution in [0.2, 0.25) is 0 Å². The minimum Gasteiger partial charge on any atom is -0.508 e. The summed E-state index contributed by atoms with van der Waals surface area (Å²) in [5.74, 6) is 0.240. The Morgan fingerprint density at radius 3 is 2.39 bits per heavy atom. The number of anilines is 2.